The van der Waals surface area contributed by atoms with Crippen LogP contribution in [-0.2, 0) is 17.9 Å². The van der Waals surface area contributed by atoms with E-state index in [2.05, 4.69) is 15.2 Å². The number of benzene rings is 1. The minimum absolute atomic E-state index is 0.0276. The molecule has 0 aliphatic carbocycles. The highest BCUT2D eigenvalue weighted by molar-refractivity contribution is 7.71. The third kappa shape index (κ3) is 3.93. The molecule has 10 heteroatoms. The molecule has 1 N–H and O–H groups in total. The second-order valence-electron chi connectivity index (χ2n) is 5.83. The van der Waals surface area contributed by atoms with Crippen molar-refractivity contribution in [2.75, 3.05) is 0 Å². The van der Waals surface area contributed by atoms with Gasteiger partial charge in [0.05, 0.1) is 11.4 Å². The van der Waals surface area contributed by atoms with E-state index in [0.29, 0.717) is 27.5 Å². The molecule has 0 saturated heterocycles. The lowest BCUT2D eigenvalue weighted by atomic mass is 10.2. The summed E-state index contributed by atoms with van der Waals surface area (Å²) in [6.45, 7) is 0.272. The first-order valence-electron chi connectivity index (χ1n) is 8.26. The van der Waals surface area contributed by atoms with Gasteiger partial charge in [0.2, 0.25) is 0 Å². The molecule has 0 aliphatic heterocycles. The summed E-state index contributed by atoms with van der Waals surface area (Å²) in [6.07, 6.45) is 1.78. The van der Waals surface area contributed by atoms with Crippen LogP contribution in [0.5, 0.6) is 0 Å². The number of nitrogens with one attached hydrogen (secondary N) is 1. The summed E-state index contributed by atoms with van der Waals surface area (Å²) in [6, 6.07) is 10.4. The Morgan fingerprint density at radius 1 is 1.21 bits per heavy atom. The standard InChI is InChI=1S/C18H14FN5OS3/c19-13-5-2-1-4-12(13)10-23-7-9-28-18(23)20-15(25)11-24-16(21-22-17(24)26)14-6-3-8-27-14/h1-9H,10-11H2,(H,22,26). The number of hydrogen-bond donors (Lipinski definition) is 1. The summed E-state index contributed by atoms with van der Waals surface area (Å²) >= 11 is 8.08. The van der Waals surface area contributed by atoms with Gasteiger partial charge in [0, 0.05) is 17.1 Å². The topological polar surface area (TPSA) is 68.0 Å². The number of hydrogen-bond acceptors (Lipinski definition) is 5. The molecule has 1 amide bonds. The molecule has 0 aliphatic rings. The van der Waals surface area contributed by atoms with Crippen molar-refractivity contribution in [3.8, 4) is 10.7 Å². The fourth-order valence-corrected chi connectivity index (χ4v) is 4.32. The number of nitrogens with zero attached hydrogens (tertiary/aromatic N) is 4. The second-order valence-corrected chi connectivity index (χ2v) is 8.03. The first-order chi connectivity index (χ1) is 13.6. The fraction of sp³-hybridized carbons (Fsp3) is 0.111. The second kappa shape index (κ2) is 8.13. The number of H-pyrrole nitrogens is 1. The molecular weight excluding hydrogens is 417 g/mol. The summed E-state index contributed by atoms with van der Waals surface area (Å²) in [7, 11) is 0. The third-order valence-corrected chi connectivity index (χ3v) is 5.94. The molecule has 1 aromatic carbocycles. The number of rotatable bonds is 5. The molecule has 142 valence electrons. The lowest BCUT2D eigenvalue weighted by molar-refractivity contribution is -0.118. The highest BCUT2D eigenvalue weighted by Crippen LogP contribution is 2.22. The van der Waals surface area contributed by atoms with E-state index in [1.165, 1.54) is 28.7 Å². The first-order valence-corrected chi connectivity index (χ1v) is 10.4. The van der Waals surface area contributed by atoms with Crippen LogP contribution in [0.25, 0.3) is 10.7 Å². The van der Waals surface area contributed by atoms with E-state index >= 15 is 0 Å². The third-order valence-electron chi connectivity index (χ3n) is 3.97. The molecule has 3 heterocycles. The highest BCUT2D eigenvalue weighted by atomic mass is 32.1. The summed E-state index contributed by atoms with van der Waals surface area (Å²) < 4.78 is 17.7. The number of aromatic amines is 1. The van der Waals surface area contributed by atoms with Gasteiger partial charge in [-0.1, -0.05) is 24.3 Å². The fourth-order valence-electron chi connectivity index (χ4n) is 2.65. The Balaban J connectivity index is 1.60. The lowest BCUT2D eigenvalue weighted by Gasteiger charge is -2.05. The molecule has 0 bridgehead atoms. The maximum absolute atomic E-state index is 13.9. The van der Waals surface area contributed by atoms with Gasteiger partial charge in [-0.15, -0.1) is 22.7 Å². The maximum Gasteiger partial charge on any atom is 0.268 e. The van der Waals surface area contributed by atoms with Gasteiger partial charge in [-0.05, 0) is 29.7 Å². The molecule has 0 spiro atoms. The van der Waals surface area contributed by atoms with E-state index in [1.54, 1.807) is 33.5 Å². The Kier molecular flexibility index (Phi) is 5.42. The van der Waals surface area contributed by atoms with Crippen LogP contribution < -0.4 is 4.80 Å². The maximum atomic E-state index is 13.9. The van der Waals surface area contributed by atoms with Crippen molar-refractivity contribution >= 4 is 40.8 Å². The molecule has 0 fully saturated rings. The molecule has 0 saturated carbocycles. The molecule has 0 atom stereocenters. The van der Waals surface area contributed by atoms with E-state index in [0.717, 1.165) is 4.88 Å². The van der Waals surface area contributed by atoms with E-state index in [-0.39, 0.29) is 18.3 Å². The van der Waals surface area contributed by atoms with E-state index in [4.69, 9.17) is 12.2 Å². The Hall–Kier alpha value is -2.69. The largest absolute Gasteiger partial charge is 0.319 e. The highest BCUT2D eigenvalue weighted by Gasteiger charge is 2.13. The van der Waals surface area contributed by atoms with Gasteiger partial charge in [0.15, 0.2) is 15.4 Å². The Morgan fingerprint density at radius 3 is 2.86 bits per heavy atom. The van der Waals surface area contributed by atoms with Crippen molar-refractivity contribution in [3.05, 3.63) is 74.3 Å². The zero-order chi connectivity index (χ0) is 19.5. The van der Waals surface area contributed by atoms with Crippen LogP contribution in [0.1, 0.15) is 5.56 Å². The average Bonchev–Trinajstić information content (AvgIpc) is 3.41. The van der Waals surface area contributed by atoms with Gasteiger partial charge in [0.1, 0.15) is 12.4 Å². The lowest BCUT2D eigenvalue weighted by Crippen LogP contribution is -2.19. The molecule has 28 heavy (non-hydrogen) atoms. The van der Waals surface area contributed by atoms with Crippen LogP contribution in [0.2, 0.25) is 0 Å². The van der Waals surface area contributed by atoms with Crippen molar-refractivity contribution in [3.63, 3.8) is 0 Å². The van der Waals surface area contributed by atoms with Crippen LogP contribution in [0.15, 0.2) is 58.3 Å². The van der Waals surface area contributed by atoms with E-state index in [9.17, 15) is 9.18 Å². The molecule has 0 radical (unpaired) electrons. The number of carbonyl (C=O) groups excluding carboxylic acids is 1. The summed E-state index contributed by atoms with van der Waals surface area (Å²) in [5.41, 5.74) is 0.534. The van der Waals surface area contributed by atoms with Crippen LogP contribution in [0, 0.1) is 10.6 Å². The minimum Gasteiger partial charge on any atom is -0.319 e. The van der Waals surface area contributed by atoms with Gasteiger partial charge >= 0.3 is 0 Å². The van der Waals surface area contributed by atoms with Gasteiger partial charge in [-0.3, -0.25) is 14.5 Å². The number of aromatic nitrogens is 4. The molecule has 6 nitrogen and oxygen atoms in total. The quantitative estimate of drug-likeness (QED) is 0.488. The molecule has 0 unspecified atom stereocenters. The van der Waals surface area contributed by atoms with Gasteiger partial charge in [-0.25, -0.2) is 4.39 Å². The number of thiophene rings is 1. The van der Waals surface area contributed by atoms with Crippen LogP contribution >= 0.6 is 34.9 Å². The van der Waals surface area contributed by atoms with Gasteiger partial charge in [-0.2, -0.15) is 10.1 Å². The Morgan fingerprint density at radius 2 is 2.07 bits per heavy atom. The van der Waals surface area contributed by atoms with Crippen molar-refractivity contribution in [2.45, 2.75) is 13.1 Å². The van der Waals surface area contributed by atoms with E-state index in [1.807, 2.05) is 22.9 Å². The molecular formula is C18H14FN5OS3. The number of carbonyl (C=O) groups is 1. The number of thiazole rings is 1. The van der Waals surface area contributed by atoms with Crippen molar-refractivity contribution < 1.29 is 9.18 Å². The minimum atomic E-state index is -0.361. The Labute approximate surface area is 172 Å². The zero-order valence-corrected chi connectivity index (χ0v) is 16.9. The van der Waals surface area contributed by atoms with Crippen LogP contribution in [-0.4, -0.2) is 25.2 Å². The summed E-state index contributed by atoms with van der Waals surface area (Å²) in [5.74, 6) is -0.0437. The van der Waals surface area contributed by atoms with E-state index < -0.39 is 0 Å². The normalized spacial score (nSPS) is 11.8. The van der Waals surface area contributed by atoms with Crippen molar-refractivity contribution in [1.82, 2.24) is 19.3 Å². The average molecular weight is 432 g/mol. The van der Waals surface area contributed by atoms with Crippen molar-refractivity contribution in [1.29, 1.82) is 0 Å². The van der Waals surface area contributed by atoms with Gasteiger partial charge in [0.25, 0.3) is 5.91 Å². The molecule has 4 aromatic rings. The first kappa shape index (κ1) is 18.7. The number of halogens is 1. The van der Waals surface area contributed by atoms with Crippen LogP contribution in [0.4, 0.5) is 4.39 Å². The van der Waals surface area contributed by atoms with Crippen LogP contribution in [0.3, 0.4) is 0 Å². The summed E-state index contributed by atoms with van der Waals surface area (Å²) in [4.78, 5) is 18.2. The predicted molar refractivity (Wildman–Crippen MR) is 109 cm³/mol. The Bertz CT molecular complexity index is 1230. The van der Waals surface area contributed by atoms with Crippen molar-refractivity contribution in [2.24, 2.45) is 4.99 Å². The molecule has 3 aromatic heterocycles. The summed E-state index contributed by atoms with van der Waals surface area (Å²) in [5, 5.41) is 10.7. The monoisotopic (exact) mass is 431 g/mol. The number of amides is 1. The van der Waals surface area contributed by atoms with Gasteiger partial charge < -0.3 is 4.57 Å². The zero-order valence-electron chi connectivity index (χ0n) is 14.4. The molecule has 4 rings (SSSR count). The SMILES string of the molecule is O=C(Cn1c(-c2cccs2)n[nH]c1=S)N=c1sccn1Cc1ccccc1F. The smallest absolute Gasteiger partial charge is 0.268 e. The predicted octanol–water partition coefficient (Wildman–Crippen LogP) is 3.85.